The second-order valence-electron chi connectivity index (χ2n) is 5.67. The number of fused-ring (bicyclic) bond motifs is 1. The van der Waals surface area contributed by atoms with Crippen LogP contribution < -0.4 is 10.0 Å². The molecule has 1 aliphatic carbocycles. The van der Waals surface area contributed by atoms with Crippen LogP contribution in [0, 0.1) is 5.92 Å². The Bertz CT molecular complexity index is 539. The molecule has 1 aromatic heterocycles. The zero-order valence-electron chi connectivity index (χ0n) is 11.5. The molecule has 0 saturated carbocycles. The van der Waals surface area contributed by atoms with Gasteiger partial charge in [-0.3, -0.25) is 4.72 Å². The average molecular weight is 315 g/mol. The van der Waals surface area contributed by atoms with Gasteiger partial charge < -0.3 is 5.32 Å². The minimum atomic E-state index is -3.26. The van der Waals surface area contributed by atoms with Crippen LogP contribution in [0.4, 0.5) is 5.13 Å². The zero-order chi connectivity index (χ0) is 14.0. The van der Waals surface area contributed by atoms with Crippen LogP contribution >= 0.6 is 11.3 Å². The lowest BCUT2D eigenvalue weighted by Crippen LogP contribution is -2.33. The van der Waals surface area contributed by atoms with Gasteiger partial charge in [-0.15, -0.1) is 11.3 Å². The van der Waals surface area contributed by atoms with Gasteiger partial charge in [0.2, 0.25) is 10.0 Å². The largest absolute Gasteiger partial charge is 0.317 e. The topological polar surface area (TPSA) is 71.1 Å². The van der Waals surface area contributed by atoms with Gasteiger partial charge in [0.1, 0.15) is 0 Å². The third-order valence-electron chi connectivity index (χ3n) is 4.00. The van der Waals surface area contributed by atoms with Crippen LogP contribution in [0.25, 0.3) is 0 Å². The highest BCUT2D eigenvalue weighted by molar-refractivity contribution is 7.92. The van der Waals surface area contributed by atoms with Crippen molar-refractivity contribution in [1.82, 2.24) is 10.3 Å². The highest BCUT2D eigenvalue weighted by Crippen LogP contribution is 2.30. The number of nitrogens with zero attached hydrogens (tertiary/aromatic N) is 1. The van der Waals surface area contributed by atoms with E-state index in [2.05, 4.69) is 15.0 Å². The summed E-state index contributed by atoms with van der Waals surface area (Å²) in [5, 5.41) is 3.82. The second-order valence-corrected chi connectivity index (χ2v) is 8.52. The lowest BCUT2D eigenvalue weighted by molar-refractivity contribution is 0.402. The molecule has 1 aliphatic heterocycles. The third kappa shape index (κ3) is 3.51. The van der Waals surface area contributed by atoms with Crippen LogP contribution in [-0.2, 0) is 22.9 Å². The first-order chi connectivity index (χ1) is 9.62. The summed E-state index contributed by atoms with van der Waals surface area (Å²) in [6.07, 6.45) is 6.27. The lowest BCUT2D eigenvalue weighted by atomic mass is 10.0. The zero-order valence-corrected chi connectivity index (χ0v) is 13.2. The fourth-order valence-corrected chi connectivity index (χ4v) is 5.73. The molecular formula is C13H21N3O2S2. The molecule has 3 rings (SSSR count). The standard InChI is InChI=1S/C13H21N3O2S2/c17-20(18,9-10-5-7-14-8-6-10)16-13-15-11-3-1-2-4-12(11)19-13/h10,14H,1-9H2,(H,15,16). The molecule has 2 heterocycles. The molecule has 0 amide bonds. The minimum absolute atomic E-state index is 0.221. The summed E-state index contributed by atoms with van der Waals surface area (Å²) in [7, 11) is -3.26. The van der Waals surface area contributed by atoms with Gasteiger partial charge in [-0.05, 0) is 57.5 Å². The predicted octanol–water partition coefficient (Wildman–Crippen LogP) is 1.76. The summed E-state index contributed by atoms with van der Waals surface area (Å²) >= 11 is 1.51. The van der Waals surface area contributed by atoms with E-state index >= 15 is 0 Å². The average Bonchev–Trinajstić information content (AvgIpc) is 2.80. The van der Waals surface area contributed by atoms with Crippen molar-refractivity contribution in [1.29, 1.82) is 0 Å². The second kappa shape index (κ2) is 5.99. The van der Waals surface area contributed by atoms with Crippen molar-refractivity contribution in [2.45, 2.75) is 38.5 Å². The number of nitrogens with one attached hydrogen (secondary N) is 2. The number of aromatic nitrogens is 1. The summed E-state index contributed by atoms with van der Waals surface area (Å²) in [6.45, 7) is 1.84. The Morgan fingerprint density at radius 1 is 1.25 bits per heavy atom. The Balaban J connectivity index is 1.64. The molecule has 0 radical (unpaired) electrons. The number of piperidine rings is 1. The third-order valence-corrected chi connectivity index (χ3v) is 6.62. The van der Waals surface area contributed by atoms with Gasteiger partial charge in [0, 0.05) is 4.88 Å². The van der Waals surface area contributed by atoms with Crippen molar-refractivity contribution in [2.24, 2.45) is 5.92 Å². The molecular weight excluding hydrogens is 294 g/mol. The van der Waals surface area contributed by atoms with Crippen LogP contribution in [-0.4, -0.2) is 32.2 Å². The summed E-state index contributed by atoms with van der Waals surface area (Å²) in [5.74, 6) is 0.488. The molecule has 5 nitrogen and oxygen atoms in total. The molecule has 112 valence electrons. The van der Waals surface area contributed by atoms with Crippen LogP contribution in [0.15, 0.2) is 0 Å². The molecule has 0 unspecified atom stereocenters. The first-order valence-electron chi connectivity index (χ1n) is 7.32. The number of rotatable bonds is 4. The Morgan fingerprint density at radius 3 is 2.75 bits per heavy atom. The van der Waals surface area contributed by atoms with Gasteiger partial charge in [0.05, 0.1) is 11.4 Å². The van der Waals surface area contributed by atoms with Crippen molar-refractivity contribution in [3.8, 4) is 0 Å². The first-order valence-corrected chi connectivity index (χ1v) is 9.79. The van der Waals surface area contributed by atoms with Crippen LogP contribution in [0.5, 0.6) is 0 Å². The van der Waals surface area contributed by atoms with Gasteiger partial charge >= 0.3 is 0 Å². The molecule has 0 spiro atoms. The molecule has 20 heavy (non-hydrogen) atoms. The van der Waals surface area contributed by atoms with E-state index in [1.165, 1.54) is 22.6 Å². The molecule has 1 fully saturated rings. The molecule has 7 heteroatoms. The summed E-state index contributed by atoms with van der Waals surface area (Å²) in [4.78, 5) is 5.70. The van der Waals surface area contributed by atoms with Crippen molar-refractivity contribution in [3.05, 3.63) is 10.6 Å². The van der Waals surface area contributed by atoms with E-state index in [0.717, 1.165) is 50.9 Å². The SMILES string of the molecule is O=S(=O)(CC1CCNCC1)Nc1nc2c(s1)CCCC2. The Hall–Kier alpha value is -0.660. The van der Waals surface area contributed by atoms with Crippen molar-refractivity contribution >= 4 is 26.5 Å². The molecule has 1 saturated heterocycles. The number of hydrogen-bond acceptors (Lipinski definition) is 5. The van der Waals surface area contributed by atoms with E-state index in [-0.39, 0.29) is 11.7 Å². The lowest BCUT2D eigenvalue weighted by Gasteiger charge is -2.22. The molecule has 0 bridgehead atoms. The fraction of sp³-hybridized carbons (Fsp3) is 0.769. The first kappa shape index (κ1) is 14.3. The van der Waals surface area contributed by atoms with Gasteiger partial charge in [0.25, 0.3) is 0 Å². The van der Waals surface area contributed by atoms with Crippen molar-refractivity contribution in [3.63, 3.8) is 0 Å². The van der Waals surface area contributed by atoms with Gasteiger partial charge in [-0.25, -0.2) is 13.4 Å². The van der Waals surface area contributed by atoms with E-state index in [0.29, 0.717) is 5.13 Å². The fourth-order valence-electron chi connectivity index (χ4n) is 2.93. The molecule has 0 aromatic carbocycles. The molecule has 2 aliphatic rings. The minimum Gasteiger partial charge on any atom is -0.317 e. The maximum absolute atomic E-state index is 12.2. The van der Waals surface area contributed by atoms with E-state index < -0.39 is 10.0 Å². The quantitative estimate of drug-likeness (QED) is 0.888. The van der Waals surface area contributed by atoms with Gasteiger partial charge in [-0.1, -0.05) is 0 Å². The number of hydrogen-bond donors (Lipinski definition) is 2. The van der Waals surface area contributed by atoms with E-state index in [1.54, 1.807) is 0 Å². The summed E-state index contributed by atoms with van der Waals surface area (Å²) in [5.41, 5.74) is 1.10. The maximum atomic E-state index is 12.2. The number of sulfonamides is 1. The smallest absolute Gasteiger partial charge is 0.234 e. The normalized spacial score (nSPS) is 20.6. The van der Waals surface area contributed by atoms with E-state index in [9.17, 15) is 8.42 Å². The van der Waals surface area contributed by atoms with Crippen molar-refractivity contribution in [2.75, 3.05) is 23.6 Å². The highest BCUT2D eigenvalue weighted by atomic mass is 32.2. The van der Waals surface area contributed by atoms with Crippen LogP contribution in [0.3, 0.4) is 0 Å². The Labute approximate surface area is 124 Å². The van der Waals surface area contributed by atoms with Gasteiger partial charge in [0.15, 0.2) is 5.13 Å². The Kier molecular flexibility index (Phi) is 4.28. The Morgan fingerprint density at radius 2 is 2.00 bits per heavy atom. The van der Waals surface area contributed by atoms with Crippen LogP contribution in [0.2, 0.25) is 0 Å². The van der Waals surface area contributed by atoms with Gasteiger partial charge in [-0.2, -0.15) is 0 Å². The molecule has 2 N–H and O–H groups in total. The summed E-state index contributed by atoms with van der Waals surface area (Å²) < 4.78 is 27.1. The van der Waals surface area contributed by atoms with Crippen LogP contribution in [0.1, 0.15) is 36.3 Å². The molecule has 0 atom stereocenters. The number of aryl methyl sites for hydroxylation is 2. The monoisotopic (exact) mass is 315 g/mol. The van der Waals surface area contributed by atoms with Crippen molar-refractivity contribution < 1.29 is 8.42 Å². The summed E-state index contributed by atoms with van der Waals surface area (Å²) in [6, 6.07) is 0. The molecule has 1 aromatic rings. The maximum Gasteiger partial charge on any atom is 0.234 e. The number of thiazole rings is 1. The van der Waals surface area contributed by atoms with E-state index in [4.69, 9.17) is 0 Å². The highest BCUT2D eigenvalue weighted by Gasteiger charge is 2.23. The number of anilines is 1. The predicted molar refractivity (Wildman–Crippen MR) is 81.8 cm³/mol. The van der Waals surface area contributed by atoms with E-state index in [1.807, 2.05) is 0 Å².